The first-order valence-corrected chi connectivity index (χ1v) is 9.04. The van der Waals surface area contributed by atoms with Crippen LogP contribution < -0.4 is 0 Å². The molecule has 4 nitrogen and oxygen atoms in total. The van der Waals surface area contributed by atoms with Gasteiger partial charge in [-0.05, 0) is 30.5 Å². The lowest BCUT2D eigenvalue weighted by Crippen LogP contribution is -2.36. The van der Waals surface area contributed by atoms with E-state index in [0.29, 0.717) is 36.0 Å². The summed E-state index contributed by atoms with van der Waals surface area (Å²) in [7, 11) is 1.81. The third-order valence-electron chi connectivity index (χ3n) is 3.98. The molecule has 0 radical (unpaired) electrons. The van der Waals surface area contributed by atoms with Crippen molar-refractivity contribution in [3.8, 4) is 0 Å². The number of hydrogen-bond donors (Lipinski definition) is 0. The van der Waals surface area contributed by atoms with Gasteiger partial charge < -0.3 is 9.80 Å². The first-order valence-electron chi connectivity index (χ1n) is 8.28. The lowest BCUT2D eigenvalue weighted by molar-refractivity contribution is -0.132. The van der Waals surface area contributed by atoms with E-state index >= 15 is 0 Å². The van der Waals surface area contributed by atoms with Crippen LogP contribution in [-0.2, 0) is 16.0 Å². The Morgan fingerprint density at radius 1 is 1.12 bits per heavy atom. The smallest absolute Gasteiger partial charge is 0.224 e. The molecule has 0 aliphatic carbocycles. The Hall–Kier alpha value is -1.26. The van der Waals surface area contributed by atoms with Crippen LogP contribution in [0.5, 0.6) is 0 Å². The van der Waals surface area contributed by atoms with Gasteiger partial charge in [-0.25, -0.2) is 0 Å². The Bertz CT molecular complexity index is 564. The molecule has 0 atom stereocenters. The lowest BCUT2D eigenvalue weighted by Gasteiger charge is -2.23. The largest absolute Gasteiger partial charge is 0.346 e. The first kappa shape index (κ1) is 20.8. The molecule has 2 amide bonds. The van der Waals surface area contributed by atoms with Gasteiger partial charge in [-0.1, -0.05) is 42.6 Å². The number of halogens is 2. The number of nitrogens with zero attached hydrogens (tertiary/aromatic N) is 2. The highest BCUT2D eigenvalue weighted by Crippen LogP contribution is 2.21. The van der Waals surface area contributed by atoms with E-state index in [1.54, 1.807) is 21.9 Å². The molecule has 1 aromatic carbocycles. The molecular weight excluding hydrogens is 347 g/mol. The van der Waals surface area contributed by atoms with Crippen LogP contribution in [-0.4, -0.2) is 48.3 Å². The van der Waals surface area contributed by atoms with Gasteiger partial charge in [0.25, 0.3) is 0 Å². The fraction of sp³-hybridized carbons (Fsp3) is 0.556. The highest BCUT2D eigenvalue weighted by atomic mass is 35.5. The minimum Gasteiger partial charge on any atom is -0.346 e. The van der Waals surface area contributed by atoms with Crippen LogP contribution >= 0.6 is 23.2 Å². The fourth-order valence-corrected chi connectivity index (χ4v) is 2.85. The molecule has 0 saturated carbocycles. The van der Waals surface area contributed by atoms with Crippen molar-refractivity contribution in [2.24, 2.45) is 0 Å². The van der Waals surface area contributed by atoms with Crippen molar-refractivity contribution in [2.45, 2.75) is 39.5 Å². The molecule has 0 fully saturated rings. The van der Waals surface area contributed by atoms with Gasteiger partial charge in [-0.2, -0.15) is 0 Å². The molecule has 134 valence electrons. The van der Waals surface area contributed by atoms with Gasteiger partial charge in [-0.15, -0.1) is 0 Å². The second-order valence-corrected chi connectivity index (χ2v) is 6.75. The Morgan fingerprint density at radius 2 is 1.83 bits per heavy atom. The van der Waals surface area contributed by atoms with Gasteiger partial charge >= 0.3 is 0 Å². The third kappa shape index (κ3) is 7.10. The summed E-state index contributed by atoms with van der Waals surface area (Å²) in [5.74, 6) is 0.0309. The van der Waals surface area contributed by atoms with Crippen LogP contribution in [0.2, 0.25) is 10.0 Å². The number of carbonyl (C=O) groups is 2. The maximum Gasteiger partial charge on any atom is 0.224 e. The molecule has 0 aliphatic heterocycles. The summed E-state index contributed by atoms with van der Waals surface area (Å²) in [6.07, 6.45) is 3.02. The lowest BCUT2D eigenvalue weighted by atomic mass is 10.1. The van der Waals surface area contributed by atoms with Crippen molar-refractivity contribution in [3.05, 3.63) is 33.8 Å². The van der Waals surface area contributed by atoms with Gasteiger partial charge in [0.05, 0.1) is 0 Å². The highest BCUT2D eigenvalue weighted by molar-refractivity contribution is 6.35. The predicted octanol–water partition coefficient (Wildman–Crippen LogP) is 4.03. The Balaban J connectivity index is 2.52. The van der Waals surface area contributed by atoms with Crippen molar-refractivity contribution in [1.29, 1.82) is 0 Å². The molecular formula is C18H26Cl2N2O2. The van der Waals surface area contributed by atoms with Crippen molar-refractivity contribution in [3.63, 3.8) is 0 Å². The molecule has 0 unspecified atom stereocenters. The molecule has 0 saturated heterocycles. The average molecular weight is 373 g/mol. The molecule has 1 rings (SSSR count). The minimum atomic E-state index is -0.0379. The minimum absolute atomic E-state index is 0.0379. The Kier molecular flexibility index (Phi) is 9.16. The van der Waals surface area contributed by atoms with Gasteiger partial charge in [-0.3, -0.25) is 9.59 Å². The topological polar surface area (TPSA) is 40.6 Å². The standard InChI is InChI=1S/C18H26Cl2N2O2/c1-4-5-10-21(3)18(24)9-12-22(14(2)23)11-8-15-6-7-16(19)13-17(15)20/h6-7,13H,4-5,8-12H2,1-3H3. The average Bonchev–Trinajstić information content (AvgIpc) is 2.53. The highest BCUT2D eigenvalue weighted by Gasteiger charge is 2.14. The summed E-state index contributed by atoms with van der Waals surface area (Å²) < 4.78 is 0. The predicted molar refractivity (Wildman–Crippen MR) is 99.6 cm³/mol. The van der Waals surface area contributed by atoms with Crippen LogP contribution in [0.3, 0.4) is 0 Å². The summed E-state index contributed by atoms with van der Waals surface area (Å²) in [5, 5.41) is 1.19. The van der Waals surface area contributed by atoms with E-state index in [-0.39, 0.29) is 11.8 Å². The van der Waals surface area contributed by atoms with E-state index in [1.165, 1.54) is 6.92 Å². The summed E-state index contributed by atoms with van der Waals surface area (Å²) in [6.45, 7) is 5.33. The van der Waals surface area contributed by atoms with Gasteiger partial charge in [0.15, 0.2) is 0 Å². The molecule has 0 N–H and O–H groups in total. The number of rotatable bonds is 9. The monoisotopic (exact) mass is 372 g/mol. The van der Waals surface area contributed by atoms with Gasteiger partial charge in [0.1, 0.15) is 0 Å². The summed E-state index contributed by atoms with van der Waals surface area (Å²) in [4.78, 5) is 27.3. The zero-order chi connectivity index (χ0) is 18.1. The summed E-state index contributed by atoms with van der Waals surface area (Å²) in [5.41, 5.74) is 0.943. The number of amides is 2. The molecule has 0 heterocycles. The van der Waals surface area contributed by atoms with Crippen molar-refractivity contribution in [2.75, 3.05) is 26.7 Å². The Labute approximate surface area is 154 Å². The van der Waals surface area contributed by atoms with Crippen LogP contribution in [0, 0.1) is 0 Å². The summed E-state index contributed by atoms with van der Waals surface area (Å²) >= 11 is 12.1. The third-order valence-corrected chi connectivity index (χ3v) is 4.57. The molecule has 0 aliphatic rings. The second-order valence-electron chi connectivity index (χ2n) is 5.91. The van der Waals surface area contributed by atoms with Crippen LogP contribution in [0.4, 0.5) is 0 Å². The zero-order valence-corrected chi connectivity index (χ0v) is 16.2. The fourth-order valence-electron chi connectivity index (χ4n) is 2.35. The van der Waals surface area contributed by atoms with Crippen molar-refractivity contribution >= 4 is 35.0 Å². The molecule has 24 heavy (non-hydrogen) atoms. The van der Waals surface area contributed by atoms with Crippen molar-refractivity contribution < 1.29 is 9.59 Å². The number of unbranched alkanes of at least 4 members (excludes halogenated alkanes) is 1. The quantitative estimate of drug-likeness (QED) is 0.656. The maximum atomic E-state index is 12.1. The second kappa shape index (κ2) is 10.6. The number of carbonyl (C=O) groups excluding carboxylic acids is 2. The van der Waals surface area contributed by atoms with Crippen molar-refractivity contribution in [1.82, 2.24) is 9.80 Å². The van der Waals surface area contributed by atoms with Crippen LogP contribution in [0.1, 0.15) is 38.7 Å². The van der Waals surface area contributed by atoms with E-state index in [1.807, 2.05) is 13.1 Å². The molecule has 0 spiro atoms. The number of benzene rings is 1. The molecule has 6 heteroatoms. The van der Waals surface area contributed by atoms with Gasteiger partial charge in [0, 0.05) is 50.1 Å². The Morgan fingerprint density at radius 3 is 2.42 bits per heavy atom. The number of hydrogen-bond acceptors (Lipinski definition) is 2. The van der Waals surface area contributed by atoms with Crippen LogP contribution in [0.15, 0.2) is 18.2 Å². The van der Waals surface area contributed by atoms with E-state index in [0.717, 1.165) is 24.9 Å². The molecule has 0 bridgehead atoms. The first-order chi connectivity index (χ1) is 11.3. The van der Waals surface area contributed by atoms with E-state index in [9.17, 15) is 9.59 Å². The molecule has 1 aromatic rings. The van der Waals surface area contributed by atoms with E-state index in [4.69, 9.17) is 23.2 Å². The van der Waals surface area contributed by atoms with Gasteiger partial charge in [0.2, 0.25) is 11.8 Å². The SMILES string of the molecule is CCCCN(C)C(=O)CCN(CCc1ccc(Cl)cc1Cl)C(C)=O. The maximum absolute atomic E-state index is 12.1. The summed E-state index contributed by atoms with van der Waals surface area (Å²) in [6, 6.07) is 5.35. The molecule has 0 aromatic heterocycles. The normalized spacial score (nSPS) is 10.5. The zero-order valence-electron chi connectivity index (χ0n) is 14.6. The van der Waals surface area contributed by atoms with Crippen LogP contribution in [0.25, 0.3) is 0 Å². The van der Waals surface area contributed by atoms with E-state index in [2.05, 4.69) is 6.92 Å². The van der Waals surface area contributed by atoms with E-state index < -0.39 is 0 Å².